The van der Waals surface area contributed by atoms with Crippen molar-refractivity contribution in [3.8, 4) is 6.07 Å². The summed E-state index contributed by atoms with van der Waals surface area (Å²) in [5.74, 6) is 0. The Balaban J connectivity index is 2.97. The topological polar surface area (TPSA) is 79.8 Å². The van der Waals surface area contributed by atoms with Gasteiger partial charge in [0.1, 0.15) is 0 Å². The number of pyridine rings is 1. The van der Waals surface area contributed by atoms with E-state index >= 15 is 0 Å². The van der Waals surface area contributed by atoms with E-state index in [1.165, 1.54) is 18.3 Å². The predicted molar refractivity (Wildman–Crippen MR) is 40.2 cm³/mol. The molecule has 5 heteroatoms. The molecule has 0 radical (unpaired) electrons. The zero-order valence-corrected chi connectivity index (χ0v) is 6.10. The van der Waals surface area contributed by atoms with Crippen LogP contribution in [0.2, 0.25) is 0 Å². The molecule has 5 nitrogen and oxygen atoms in total. The highest BCUT2D eigenvalue weighted by Gasteiger charge is 2.05. The minimum atomic E-state index is -0.511. The summed E-state index contributed by atoms with van der Waals surface area (Å²) in [4.78, 5) is 13.5. The second kappa shape index (κ2) is 3.44. The fraction of sp³-hybridized carbons (Fsp3) is 0.143. The minimum absolute atomic E-state index is 0.0322. The Hall–Kier alpha value is -1.96. The van der Waals surface area contributed by atoms with Crippen LogP contribution in [-0.2, 0) is 6.42 Å². The molecule has 1 heterocycles. The summed E-state index contributed by atoms with van der Waals surface area (Å²) in [6.07, 6.45) is 1.42. The van der Waals surface area contributed by atoms with Crippen LogP contribution in [0.3, 0.4) is 0 Å². The van der Waals surface area contributed by atoms with Gasteiger partial charge in [0.15, 0.2) is 0 Å². The SMILES string of the molecule is N#CCc1cc([N+](=O)[O-])ccn1. The van der Waals surface area contributed by atoms with Crippen LogP contribution in [0.4, 0.5) is 5.69 Å². The van der Waals surface area contributed by atoms with Crippen LogP contribution in [0.15, 0.2) is 18.3 Å². The van der Waals surface area contributed by atoms with Crippen molar-refractivity contribution in [3.63, 3.8) is 0 Å². The molecule has 0 saturated carbocycles. The van der Waals surface area contributed by atoms with Crippen molar-refractivity contribution in [2.45, 2.75) is 6.42 Å². The molecule has 1 rings (SSSR count). The van der Waals surface area contributed by atoms with E-state index in [4.69, 9.17) is 5.26 Å². The van der Waals surface area contributed by atoms with Gasteiger partial charge >= 0.3 is 0 Å². The second-order valence-corrected chi connectivity index (χ2v) is 2.10. The van der Waals surface area contributed by atoms with Gasteiger partial charge in [-0.05, 0) is 0 Å². The third-order valence-electron chi connectivity index (χ3n) is 1.27. The summed E-state index contributed by atoms with van der Waals surface area (Å²) in [6, 6.07) is 4.45. The molecule has 12 heavy (non-hydrogen) atoms. The zero-order chi connectivity index (χ0) is 8.97. The first-order valence-electron chi connectivity index (χ1n) is 3.20. The van der Waals surface area contributed by atoms with Gasteiger partial charge in [-0.3, -0.25) is 15.1 Å². The third-order valence-corrected chi connectivity index (χ3v) is 1.27. The Morgan fingerprint density at radius 2 is 2.50 bits per heavy atom. The maximum absolute atomic E-state index is 10.3. The van der Waals surface area contributed by atoms with Gasteiger partial charge < -0.3 is 0 Å². The van der Waals surface area contributed by atoms with E-state index in [-0.39, 0.29) is 12.1 Å². The molecule has 1 aromatic rings. The normalized spacial score (nSPS) is 8.92. The molecule has 0 fully saturated rings. The van der Waals surface area contributed by atoms with E-state index in [2.05, 4.69) is 4.98 Å². The van der Waals surface area contributed by atoms with E-state index in [9.17, 15) is 10.1 Å². The van der Waals surface area contributed by atoms with E-state index < -0.39 is 4.92 Å². The van der Waals surface area contributed by atoms with Crippen LogP contribution in [-0.4, -0.2) is 9.91 Å². The molecule has 0 bridgehead atoms. The number of nitrogens with zero attached hydrogens (tertiary/aromatic N) is 3. The molecule has 0 aliphatic carbocycles. The zero-order valence-electron chi connectivity index (χ0n) is 6.10. The molecule has 0 atom stereocenters. The van der Waals surface area contributed by atoms with E-state index in [0.717, 1.165) is 0 Å². The van der Waals surface area contributed by atoms with Crippen LogP contribution in [0.1, 0.15) is 5.69 Å². The lowest BCUT2D eigenvalue weighted by Gasteiger charge is -1.92. The monoisotopic (exact) mass is 163 g/mol. The van der Waals surface area contributed by atoms with Crippen LogP contribution < -0.4 is 0 Å². The maximum Gasteiger partial charge on any atom is 0.272 e. The molecule has 0 aliphatic rings. The number of nitriles is 1. The lowest BCUT2D eigenvalue weighted by molar-refractivity contribution is -0.385. The maximum atomic E-state index is 10.3. The quantitative estimate of drug-likeness (QED) is 0.482. The van der Waals surface area contributed by atoms with E-state index in [1.54, 1.807) is 0 Å². The van der Waals surface area contributed by atoms with E-state index in [1.807, 2.05) is 6.07 Å². The molecular formula is C7H5N3O2. The first-order valence-corrected chi connectivity index (χ1v) is 3.20. The fourth-order valence-electron chi connectivity index (χ4n) is 0.757. The van der Waals surface area contributed by atoms with Crippen molar-refractivity contribution in [3.05, 3.63) is 34.1 Å². The number of hydrogen-bond acceptors (Lipinski definition) is 4. The lowest BCUT2D eigenvalue weighted by Crippen LogP contribution is -1.92. The Morgan fingerprint density at radius 1 is 1.75 bits per heavy atom. The summed E-state index contributed by atoms with van der Waals surface area (Å²) in [5.41, 5.74) is 0.391. The number of rotatable bonds is 2. The van der Waals surface area contributed by atoms with Crippen molar-refractivity contribution in [1.82, 2.24) is 4.98 Å². The van der Waals surface area contributed by atoms with Crippen molar-refractivity contribution in [2.75, 3.05) is 0 Å². The van der Waals surface area contributed by atoms with Gasteiger partial charge in [0.05, 0.1) is 23.1 Å². The predicted octanol–water partition coefficient (Wildman–Crippen LogP) is 1.06. The average molecular weight is 163 g/mol. The highest BCUT2D eigenvalue weighted by atomic mass is 16.6. The Labute approximate surface area is 68.4 Å². The molecule has 0 amide bonds. The van der Waals surface area contributed by atoms with Crippen LogP contribution >= 0.6 is 0 Å². The largest absolute Gasteiger partial charge is 0.272 e. The van der Waals surface area contributed by atoms with Gasteiger partial charge in [0.25, 0.3) is 5.69 Å². The molecule has 0 N–H and O–H groups in total. The highest BCUT2D eigenvalue weighted by molar-refractivity contribution is 5.30. The summed E-state index contributed by atoms with van der Waals surface area (Å²) >= 11 is 0. The van der Waals surface area contributed by atoms with Gasteiger partial charge in [0.2, 0.25) is 0 Å². The molecule has 0 aromatic carbocycles. The number of hydrogen-bond donors (Lipinski definition) is 0. The van der Waals surface area contributed by atoms with Gasteiger partial charge in [-0.2, -0.15) is 5.26 Å². The molecule has 0 saturated heterocycles. The Kier molecular flexibility index (Phi) is 2.33. The summed E-state index contributed by atoms with van der Waals surface area (Å²) in [5, 5.41) is 18.5. The molecule has 0 spiro atoms. The van der Waals surface area contributed by atoms with Gasteiger partial charge in [-0.15, -0.1) is 0 Å². The third kappa shape index (κ3) is 1.76. The lowest BCUT2D eigenvalue weighted by atomic mass is 10.3. The van der Waals surface area contributed by atoms with Gasteiger partial charge in [-0.1, -0.05) is 0 Å². The van der Waals surface area contributed by atoms with E-state index in [0.29, 0.717) is 5.69 Å². The molecule has 0 aliphatic heterocycles. The Morgan fingerprint density at radius 3 is 3.08 bits per heavy atom. The molecule has 0 unspecified atom stereocenters. The van der Waals surface area contributed by atoms with Gasteiger partial charge in [0, 0.05) is 18.3 Å². The van der Waals surface area contributed by atoms with Crippen molar-refractivity contribution < 1.29 is 4.92 Å². The minimum Gasteiger partial charge on any atom is -0.260 e. The summed E-state index contributed by atoms with van der Waals surface area (Å²) in [6.45, 7) is 0. The average Bonchev–Trinajstić information content (AvgIpc) is 2.05. The number of nitro groups is 1. The van der Waals surface area contributed by atoms with Crippen molar-refractivity contribution >= 4 is 5.69 Å². The smallest absolute Gasteiger partial charge is 0.260 e. The van der Waals surface area contributed by atoms with Crippen molar-refractivity contribution in [2.24, 2.45) is 0 Å². The summed E-state index contributed by atoms with van der Waals surface area (Å²) < 4.78 is 0. The fourth-order valence-corrected chi connectivity index (χ4v) is 0.757. The van der Waals surface area contributed by atoms with Crippen molar-refractivity contribution in [1.29, 1.82) is 5.26 Å². The summed E-state index contributed by atoms with van der Waals surface area (Å²) in [7, 11) is 0. The van der Waals surface area contributed by atoms with Crippen LogP contribution in [0, 0.1) is 21.4 Å². The molecular weight excluding hydrogens is 158 g/mol. The van der Waals surface area contributed by atoms with Gasteiger partial charge in [-0.25, -0.2) is 0 Å². The number of aromatic nitrogens is 1. The first-order chi connectivity index (χ1) is 5.74. The second-order valence-electron chi connectivity index (χ2n) is 2.10. The molecule has 1 aromatic heterocycles. The highest BCUT2D eigenvalue weighted by Crippen LogP contribution is 2.10. The van der Waals surface area contributed by atoms with Crippen LogP contribution in [0.25, 0.3) is 0 Å². The Bertz CT molecular complexity index is 343. The molecule has 60 valence electrons. The van der Waals surface area contributed by atoms with Crippen LogP contribution in [0.5, 0.6) is 0 Å². The standard InChI is InChI=1S/C7H5N3O2/c8-3-1-6-5-7(10(11)12)2-4-9-6/h2,4-5H,1H2. The first kappa shape index (κ1) is 8.14.